The number of thiazole rings is 1. The Morgan fingerprint density at radius 2 is 2.32 bits per heavy atom. The Morgan fingerprint density at radius 3 is 3.05 bits per heavy atom. The van der Waals surface area contributed by atoms with Gasteiger partial charge in [-0.15, -0.1) is 11.3 Å². The van der Waals surface area contributed by atoms with Gasteiger partial charge in [-0.05, 0) is 25.5 Å². The molecule has 22 heavy (non-hydrogen) atoms. The number of likely N-dealkylation sites (tertiary alicyclic amines) is 1. The van der Waals surface area contributed by atoms with Crippen LogP contribution in [0.1, 0.15) is 23.5 Å². The molecule has 4 rings (SSSR count). The number of rotatable bonds is 3. The highest BCUT2D eigenvalue weighted by atomic mass is 32.1. The quantitative estimate of drug-likeness (QED) is 0.872. The Balaban J connectivity index is 1.54. The van der Waals surface area contributed by atoms with Crippen LogP contribution in [-0.2, 0) is 11.3 Å². The summed E-state index contributed by atoms with van der Waals surface area (Å²) >= 11 is 1.69. The predicted octanol–water partition coefficient (Wildman–Crippen LogP) is 2.23. The third kappa shape index (κ3) is 2.32. The van der Waals surface area contributed by atoms with E-state index in [1.54, 1.807) is 23.7 Å². The number of hydrogen-bond donors (Lipinski definition) is 0. The van der Waals surface area contributed by atoms with Crippen molar-refractivity contribution in [2.75, 3.05) is 11.4 Å². The second-order valence-corrected chi connectivity index (χ2v) is 6.99. The third-order valence-electron chi connectivity index (χ3n) is 4.57. The van der Waals surface area contributed by atoms with Crippen LogP contribution in [-0.4, -0.2) is 39.4 Å². The number of pyridine rings is 1. The van der Waals surface area contributed by atoms with Gasteiger partial charge in [0.05, 0.1) is 28.6 Å². The smallest absolute Gasteiger partial charge is 0.229 e. The molecule has 0 aromatic carbocycles. The average molecular weight is 314 g/mol. The van der Waals surface area contributed by atoms with E-state index in [-0.39, 0.29) is 11.9 Å². The highest BCUT2D eigenvalue weighted by Crippen LogP contribution is 2.36. The summed E-state index contributed by atoms with van der Waals surface area (Å²) in [6.07, 6.45) is 5.15. The fourth-order valence-corrected chi connectivity index (χ4v) is 4.25. The molecule has 4 heterocycles. The van der Waals surface area contributed by atoms with Gasteiger partial charge in [0.2, 0.25) is 5.91 Å². The maximum atomic E-state index is 12.4. The van der Waals surface area contributed by atoms with Gasteiger partial charge < -0.3 is 4.90 Å². The van der Waals surface area contributed by atoms with Crippen LogP contribution < -0.4 is 4.90 Å². The van der Waals surface area contributed by atoms with Crippen molar-refractivity contribution in [3.05, 3.63) is 40.6 Å². The van der Waals surface area contributed by atoms with Crippen molar-refractivity contribution in [1.29, 1.82) is 0 Å². The number of carbonyl (C=O) groups is 1. The topological polar surface area (TPSA) is 49.3 Å². The molecule has 2 aromatic rings. The Kier molecular flexibility index (Phi) is 3.43. The van der Waals surface area contributed by atoms with Crippen molar-refractivity contribution in [2.45, 2.75) is 38.4 Å². The molecule has 2 atom stereocenters. The van der Waals surface area contributed by atoms with E-state index in [1.165, 1.54) is 0 Å². The van der Waals surface area contributed by atoms with Crippen molar-refractivity contribution in [1.82, 2.24) is 14.9 Å². The highest BCUT2D eigenvalue weighted by Gasteiger charge is 2.47. The molecule has 114 valence electrons. The number of carbonyl (C=O) groups excluding carboxylic acids is 1. The maximum absolute atomic E-state index is 12.4. The zero-order valence-corrected chi connectivity index (χ0v) is 13.3. The molecule has 0 unspecified atom stereocenters. The van der Waals surface area contributed by atoms with Crippen LogP contribution >= 0.6 is 11.3 Å². The second kappa shape index (κ2) is 5.44. The Labute approximate surface area is 133 Å². The van der Waals surface area contributed by atoms with Crippen molar-refractivity contribution in [3.63, 3.8) is 0 Å². The van der Waals surface area contributed by atoms with Crippen LogP contribution in [0.25, 0.3) is 0 Å². The van der Waals surface area contributed by atoms with E-state index < -0.39 is 0 Å². The van der Waals surface area contributed by atoms with E-state index in [9.17, 15) is 4.79 Å². The number of anilines is 1. The van der Waals surface area contributed by atoms with Crippen LogP contribution in [0.2, 0.25) is 0 Å². The monoisotopic (exact) mass is 314 g/mol. The first-order valence-electron chi connectivity index (χ1n) is 7.59. The molecule has 0 radical (unpaired) electrons. The zero-order chi connectivity index (χ0) is 15.1. The summed E-state index contributed by atoms with van der Waals surface area (Å²) in [5.74, 6) is 0.210. The summed E-state index contributed by atoms with van der Waals surface area (Å²) in [6, 6.07) is 4.44. The van der Waals surface area contributed by atoms with Gasteiger partial charge in [0.15, 0.2) is 0 Å². The lowest BCUT2D eigenvalue weighted by Gasteiger charge is -2.24. The van der Waals surface area contributed by atoms with Crippen molar-refractivity contribution < 1.29 is 4.79 Å². The van der Waals surface area contributed by atoms with Gasteiger partial charge in [-0.1, -0.05) is 0 Å². The third-order valence-corrected chi connectivity index (χ3v) is 5.39. The van der Waals surface area contributed by atoms with Gasteiger partial charge in [-0.2, -0.15) is 0 Å². The molecular weight excluding hydrogens is 296 g/mol. The van der Waals surface area contributed by atoms with E-state index >= 15 is 0 Å². The minimum atomic E-state index is 0.210. The van der Waals surface area contributed by atoms with E-state index in [0.29, 0.717) is 12.5 Å². The summed E-state index contributed by atoms with van der Waals surface area (Å²) < 4.78 is 0. The molecule has 2 aliphatic rings. The first-order chi connectivity index (χ1) is 10.7. The average Bonchev–Trinajstić information content (AvgIpc) is 3.17. The van der Waals surface area contributed by atoms with Crippen LogP contribution in [0.5, 0.6) is 0 Å². The number of aryl methyl sites for hydroxylation is 1. The summed E-state index contributed by atoms with van der Waals surface area (Å²) in [4.78, 5) is 25.5. The van der Waals surface area contributed by atoms with E-state index in [0.717, 1.165) is 35.9 Å². The first-order valence-corrected chi connectivity index (χ1v) is 8.47. The maximum Gasteiger partial charge on any atom is 0.229 e. The first kappa shape index (κ1) is 13.8. The molecule has 6 heteroatoms. The van der Waals surface area contributed by atoms with Crippen molar-refractivity contribution in [3.8, 4) is 0 Å². The number of hydrogen-bond acceptors (Lipinski definition) is 5. The van der Waals surface area contributed by atoms with E-state index in [1.807, 2.05) is 24.0 Å². The molecule has 2 fully saturated rings. The molecule has 2 saturated heterocycles. The van der Waals surface area contributed by atoms with E-state index in [4.69, 9.17) is 0 Å². The molecule has 2 aliphatic heterocycles. The number of aromatic nitrogens is 2. The number of fused-ring (bicyclic) bond motifs is 1. The standard InChI is InChI=1S/C16H18N4OS/c1-11-18-12(10-22-11)9-19-6-4-14-15(19)7-16(21)20(14)13-3-2-5-17-8-13/h2-3,5,8,10,14-15H,4,6-7,9H2,1H3/t14-,15-/m1/s1. The number of nitrogens with zero attached hydrogens (tertiary/aromatic N) is 4. The Bertz CT molecular complexity index is 686. The summed E-state index contributed by atoms with van der Waals surface area (Å²) in [5, 5.41) is 3.23. The van der Waals surface area contributed by atoms with Gasteiger partial charge in [0.25, 0.3) is 0 Å². The van der Waals surface area contributed by atoms with Gasteiger partial charge in [-0.25, -0.2) is 4.98 Å². The van der Waals surface area contributed by atoms with E-state index in [2.05, 4.69) is 20.2 Å². The summed E-state index contributed by atoms with van der Waals surface area (Å²) in [5.41, 5.74) is 2.04. The molecule has 1 amide bonds. The largest absolute Gasteiger partial charge is 0.306 e. The van der Waals surface area contributed by atoms with Gasteiger partial charge in [-0.3, -0.25) is 14.7 Å². The molecule has 2 aromatic heterocycles. The van der Waals surface area contributed by atoms with Crippen LogP contribution in [0.15, 0.2) is 29.9 Å². The Hall–Kier alpha value is -1.79. The fraction of sp³-hybridized carbons (Fsp3) is 0.438. The lowest BCUT2D eigenvalue weighted by atomic mass is 10.1. The van der Waals surface area contributed by atoms with Crippen LogP contribution in [0.4, 0.5) is 5.69 Å². The molecule has 0 spiro atoms. The lowest BCUT2D eigenvalue weighted by molar-refractivity contribution is -0.117. The van der Waals surface area contributed by atoms with Crippen LogP contribution in [0, 0.1) is 6.92 Å². The molecule has 0 bridgehead atoms. The molecular formula is C16H18N4OS. The molecule has 5 nitrogen and oxygen atoms in total. The van der Waals surface area contributed by atoms with Gasteiger partial charge in [0.1, 0.15) is 0 Å². The molecule has 0 N–H and O–H groups in total. The second-order valence-electron chi connectivity index (χ2n) is 5.93. The fourth-order valence-electron chi connectivity index (χ4n) is 3.65. The molecule has 0 saturated carbocycles. The summed E-state index contributed by atoms with van der Waals surface area (Å²) in [6.45, 7) is 3.90. The van der Waals surface area contributed by atoms with Crippen molar-refractivity contribution in [2.24, 2.45) is 0 Å². The SMILES string of the molecule is Cc1nc(CN2CC[C@@H]3[C@H]2CC(=O)N3c2cccnc2)cs1. The minimum Gasteiger partial charge on any atom is -0.306 e. The number of amides is 1. The normalized spacial score (nSPS) is 25.0. The molecule has 0 aliphatic carbocycles. The minimum absolute atomic E-state index is 0.210. The highest BCUT2D eigenvalue weighted by molar-refractivity contribution is 7.09. The lowest BCUT2D eigenvalue weighted by Crippen LogP contribution is -2.37. The summed E-state index contributed by atoms with van der Waals surface area (Å²) in [7, 11) is 0. The predicted molar refractivity (Wildman–Crippen MR) is 85.8 cm³/mol. The van der Waals surface area contributed by atoms with Crippen molar-refractivity contribution >= 4 is 22.9 Å². The van der Waals surface area contributed by atoms with Gasteiger partial charge in [0, 0.05) is 37.1 Å². The van der Waals surface area contributed by atoms with Crippen LogP contribution in [0.3, 0.4) is 0 Å². The Morgan fingerprint density at radius 1 is 1.41 bits per heavy atom. The zero-order valence-electron chi connectivity index (χ0n) is 12.5. The van der Waals surface area contributed by atoms with Gasteiger partial charge >= 0.3 is 0 Å².